The van der Waals surface area contributed by atoms with Gasteiger partial charge in [-0.05, 0) is 57.8 Å². The molecule has 54 heavy (non-hydrogen) atoms. The fraction of sp³-hybridized carbons (Fsp3) is 0. The van der Waals surface area contributed by atoms with Crippen molar-refractivity contribution in [2.45, 2.75) is 0 Å². The third kappa shape index (κ3) is 5.01. The lowest BCUT2D eigenvalue weighted by molar-refractivity contribution is 0.669. The fourth-order valence-corrected chi connectivity index (χ4v) is 9.01. The first kappa shape index (κ1) is 30.7. The summed E-state index contributed by atoms with van der Waals surface area (Å²) in [6, 6.07) is 61.5. The zero-order valence-corrected chi connectivity index (χ0v) is 29.7. The molecule has 0 bridgehead atoms. The van der Waals surface area contributed by atoms with E-state index in [4.69, 9.17) is 19.4 Å². The Morgan fingerprint density at radius 3 is 1.94 bits per heavy atom. The van der Waals surface area contributed by atoms with Gasteiger partial charge >= 0.3 is 0 Å². The van der Waals surface area contributed by atoms with Crippen LogP contribution >= 0.6 is 11.3 Å². The molecular formula is C49H29N3OS. The predicted molar refractivity (Wildman–Crippen MR) is 225 cm³/mol. The van der Waals surface area contributed by atoms with E-state index in [-0.39, 0.29) is 0 Å². The van der Waals surface area contributed by atoms with Gasteiger partial charge in [0.1, 0.15) is 11.2 Å². The highest BCUT2D eigenvalue weighted by Crippen LogP contribution is 2.45. The lowest BCUT2D eigenvalue weighted by atomic mass is 9.92. The SMILES string of the molecule is c1ccc(-c2nc(-c3ccc4ccccc4c3)nc(-c3cc(-c4cccc5oc6ccccc6c45)ccc3-c3cccc4c3sc3ccccc34)n2)cc1. The Hall–Kier alpha value is -6.95. The highest BCUT2D eigenvalue weighted by Gasteiger charge is 2.21. The van der Waals surface area contributed by atoms with Crippen LogP contribution in [0.1, 0.15) is 0 Å². The van der Waals surface area contributed by atoms with Gasteiger partial charge < -0.3 is 4.42 Å². The van der Waals surface area contributed by atoms with E-state index in [1.54, 1.807) is 0 Å². The van der Waals surface area contributed by atoms with Crippen LogP contribution < -0.4 is 0 Å². The molecular weight excluding hydrogens is 679 g/mol. The quantitative estimate of drug-likeness (QED) is 0.179. The van der Waals surface area contributed by atoms with E-state index in [1.165, 1.54) is 25.6 Å². The normalized spacial score (nSPS) is 11.7. The number of rotatable bonds is 5. The minimum absolute atomic E-state index is 0.617. The van der Waals surface area contributed by atoms with Crippen molar-refractivity contribution in [2.75, 3.05) is 0 Å². The summed E-state index contributed by atoms with van der Waals surface area (Å²) in [6.07, 6.45) is 0. The van der Waals surface area contributed by atoms with Crippen molar-refractivity contribution in [1.82, 2.24) is 15.0 Å². The van der Waals surface area contributed by atoms with Crippen LogP contribution in [0.4, 0.5) is 0 Å². The van der Waals surface area contributed by atoms with Crippen molar-refractivity contribution >= 4 is 64.2 Å². The largest absolute Gasteiger partial charge is 0.456 e. The predicted octanol–water partition coefficient (Wildman–Crippen LogP) is 13.6. The van der Waals surface area contributed by atoms with Gasteiger partial charge in [-0.15, -0.1) is 11.3 Å². The molecule has 0 aliphatic carbocycles. The van der Waals surface area contributed by atoms with Crippen molar-refractivity contribution in [3.63, 3.8) is 0 Å². The van der Waals surface area contributed by atoms with E-state index in [0.29, 0.717) is 17.5 Å². The van der Waals surface area contributed by atoms with E-state index < -0.39 is 0 Å². The van der Waals surface area contributed by atoms with Gasteiger partial charge in [-0.2, -0.15) is 0 Å². The maximum atomic E-state index is 6.33. The number of furan rings is 1. The maximum absolute atomic E-state index is 6.33. The number of para-hydroxylation sites is 1. The highest BCUT2D eigenvalue weighted by atomic mass is 32.1. The van der Waals surface area contributed by atoms with Crippen LogP contribution in [0.5, 0.6) is 0 Å². The third-order valence-electron chi connectivity index (χ3n) is 10.3. The molecule has 5 heteroatoms. The van der Waals surface area contributed by atoms with Crippen LogP contribution in [-0.4, -0.2) is 15.0 Å². The molecule has 0 saturated carbocycles. The van der Waals surface area contributed by atoms with Gasteiger partial charge in [-0.1, -0.05) is 146 Å². The second kappa shape index (κ2) is 12.3. The smallest absolute Gasteiger partial charge is 0.164 e. The van der Waals surface area contributed by atoms with Gasteiger partial charge in [-0.3, -0.25) is 0 Å². The first-order valence-electron chi connectivity index (χ1n) is 18.0. The van der Waals surface area contributed by atoms with E-state index >= 15 is 0 Å². The average molecular weight is 708 g/mol. The van der Waals surface area contributed by atoms with Crippen molar-refractivity contribution in [3.05, 3.63) is 176 Å². The standard InChI is InChI=1S/C49H29N3OS/c1-2-13-31(14-3-1)47-50-48(34-25-24-30-12-4-5-15-32(30)28-34)52-49(51-47)41-29-33(35-18-11-22-43-45(35)40-17-6-8-21-42(40)53-43)26-27-36(41)38-19-10-20-39-37-16-7-9-23-44(37)54-46(38)39/h1-29H. The minimum Gasteiger partial charge on any atom is -0.456 e. The van der Waals surface area contributed by atoms with Gasteiger partial charge in [0.15, 0.2) is 17.5 Å². The number of aromatic nitrogens is 3. The number of benzene rings is 8. The Bertz CT molecular complexity index is 3230. The molecule has 0 fully saturated rings. The van der Waals surface area contributed by atoms with Crippen molar-refractivity contribution in [1.29, 1.82) is 0 Å². The number of thiophene rings is 1. The summed E-state index contributed by atoms with van der Waals surface area (Å²) in [7, 11) is 0. The Labute approximate surface area is 314 Å². The van der Waals surface area contributed by atoms with Crippen LogP contribution in [0, 0.1) is 0 Å². The molecule has 11 rings (SSSR count). The molecule has 0 radical (unpaired) electrons. The lowest BCUT2D eigenvalue weighted by Gasteiger charge is -2.15. The molecule has 0 N–H and O–H groups in total. The molecule has 0 aliphatic heterocycles. The first-order valence-corrected chi connectivity index (χ1v) is 18.8. The Balaban J connectivity index is 1.21. The third-order valence-corrected chi connectivity index (χ3v) is 11.6. The Morgan fingerprint density at radius 2 is 1.04 bits per heavy atom. The Kier molecular flexibility index (Phi) is 7.00. The summed E-state index contributed by atoms with van der Waals surface area (Å²) < 4.78 is 8.83. The fourth-order valence-electron chi connectivity index (χ4n) is 7.78. The van der Waals surface area contributed by atoms with E-state index in [0.717, 1.165) is 66.3 Å². The second-order valence-corrected chi connectivity index (χ2v) is 14.6. The van der Waals surface area contributed by atoms with E-state index in [9.17, 15) is 0 Å². The monoisotopic (exact) mass is 707 g/mol. The zero-order valence-electron chi connectivity index (χ0n) is 28.9. The van der Waals surface area contributed by atoms with E-state index in [1.807, 2.05) is 47.7 Å². The van der Waals surface area contributed by atoms with Crippen molar-refractivity contribution in [2.24, 2.45) is 0 Å². The van der Waals surface area contributed by atoms with Crippen LogP contribution in [0.15, 0.2) is 180 Å². The molecule has 0 amide bonds. The highest BCUT2D eigenvalue weighted by molar-refractivity contribution is 7.26. The second-order valence-electron chi connectivity index (χ2n) is 13.6. The molecule has 0 atom stereocenters. The first-order chi connectivity index (χ1) is 26.7. The summed E-state index contributed by atoms with van der Waals surface area (Å²) in [4.78, 5) is 15.7. The van der Waals surface area contributed by atoms with Gasteiger partial charge in [0, 0.05) is 53.2 Å². The molecule has 0 saturated heterocycles. The molecule has 0 unspecified atom stereocenters. The molecule has 11 aromatic rings. The Morgan fingerprint density at radius 1 is 0.370 bits per heavy atom. The molecule has 8 aromatic carbocycles. The molecule has 0 aliphatic rings. The van der Waals surface area contributed by atoms with Crippen molar-refractivity contribution < 1.29 is 4.42 Å². The molecule has 0 spiro atoms. The number of hydrogen-bond acceptors (Lipinski definition) is 5. The number of nitrogens with zero attached hydrogens (tertiary/aromatic N) is 3. The van der Waals surface area contributed by atoms with Gasteiger partial charge in [0.2, 0.25) is 0 Å². The van der Waals surface area contributed by atoms with Crippen LogP contribution in [0.3, 0.4) is 0 Å². The van der Waals surface area contributed by atoms with Crippen LogP contribution in [0.2, 0.25) is 0 Å². The zero-order chi connectivity index (χ0) is 35.6. The number of fused-ring (bicyclic) bond motifs is 7. The lowest BCUT2D eigenvalue weighted by Crippen LogP contribution is -2.01. The van der Waals surface area contributed by atoms with E-state index in [2.05, 4.69) is 140 Å². The average Bonchev–Trinajstić information content (AvgIpc) is 3.82. The molecule has 3 aromatic heterocycles. The minimum atomic E-state index is 0.617. The maximum Gasteiger partial charge on any atom is 0.164 e. The summed E-state index contributed by atoms with van der Waals surface area (Å²) in [6.45, 7) is 0. The topological polar surface area (TPSA) is 51.8 Å². The molecule has 3 heterocycles. The van der Waals surface area contributed by atoms with Gasteiger partial charge in [0.05, 0.1) is 0 Å². The summed E-state index contributed by atoms with van der Waals surface area (Å²) in [5.74, 6) is 1.87. The number of hydrogen-bond donors (Lipinski definition) is 0. The summed E-state index contributed by atoms with van der Waals surface area (Å²) >= 11 is 1.83. The van der Waals surface area contributed by atoms with Crippen LogP contribution in [0.25, 0.3) is 109 Å². The summed E-state index contributed by atoms with van der Waals surface area (Å²) in [5.41, 5.74) is 8.91. The summed E-state index contributed by atoms with van der Waals surface area (Å²) in [5, 5.41) is 7.00. The van der Waals surface area contributed by atoms with Gasteiger partial charge in [0.25, 0.3) is 0 Å². The molecule has 252 valence electrons. The van der Waals surface area contributed by atoms with Crippen molar-refractivity contribution in [3.8, 4) is 56.4 Å². The molecule has 4 nitrogen and oxygen atoms in total. The van der Waals surface area contributed by atoms with Gasteiger partial charge in [-0.25, -0.2) is 15.0 Å². The van der Waals surface area contributed by atoms with Crippen LogP contribution in [-0.2, 0) is 0 Å².